The van der Waals surface area contributed by atoms with E-state index in [1.807, 2.05) is 36.5 Å². The number of ether oxygens (including phenoxy) is 1. The van der Waals surface area contributed by atoms with Crippen LogP contribution < -0.4 is 19.7 Å². The van der Waals surface area contributed by atoms with Gasteiger partial charge in [0.15, 0.2) is 0 Å². The fourth-order valence-electron chi connectivity index (χ4n) is 7.81. The number of nitrogens with zero attached hydrogens (tertiary/aromatic N) is 5. The molecule has 4 N–H and O–H groups in total. The van der Waals surface area contributed by atoms with Crippen LogP contribution in [-0.4, -0.2) is 77.3 Å². The third-order valence-corrected chi connectivity index (χ3v) is 12.7. The Labute approximate surface area is 352 Å². The summed E-state index contributed by atoms with van der Waals surface area (Å²) in [6, 6.07) is 23.9. The maximum atomic E-state index is 13.9. The molecule has 6 aromatic rings. The van der Waals surface area contributed by atoms with E-state index in [9.17, 15) is 23.3 Å². The number of carbonyl (C=O) groups is 1. The number of hydrogen-bond donors (Lipinski definition) is 4. The first kappa shape index (κ1) is 40.5. The van der Waals surface area contributed by atoms with Gasteiger partial charge in [-0.25, -0.2) is 13.1 Å². The summed E-state index contributed by atoms with van der Waals surface area (Å²) in [7, 11) is -4.57. The average Bonchev–Trinajstić information content (AvgIpc) is 3.93. The Hall–Kier alpha value is -6.23. The number of nitro benzene ring substituents is 1. The van der Waals surface area contributed by atoms with Crippen molar-refractivity contribution >= 4 is 61.1 Å². The minimum atomic E-state index is -4.57. The summed E-state index contributed by atoms with van der Waals surface area (Å²) in [6.45, 7) is 8.75. The second-order valence-corrected chi connectivity index (χ2v) is 18.0. The number of allylic oxidation sites excluding steroid dienone is 1. The van der Waals surface area contributed by atoms with Gasteiger partial charge in [-0.1, -0.05) is 43.2 Å². The zero-order valence-electron chi connectivity index (χ0n) is 33.1. The van der Waals surface area contributed by atoms with Crippen molar-refractivity contribution in [1.82, 2.24) is 30.0 Å². The Balaban J connectivity index is 1.01. The molecule has 1 fully saturated rings. The smallest absolute Gasteiger partial charge is 0.293 e. The number of halogens is 1. The molecule has 4 aromatic carbocycles. The maximum absolute atomic E-state index is 13.9. The van der Waals surface area contributed by atoms with Crippen molar-refractivity contribution < 1.29 is 22.9 Å². The lowest BCUT2D eigenvalue weighted by Crippen LogP contribution is -2.47. The van der Waals surface area contributed by atoms with E-state index in [0.717, 1.165) is 79.7 Å². The standard InChI is InChI=1S/C43H44ClN9O6S/c1-43(2)15-13-30(37(24-43)28-3-5-31(44)6-4-28)27-51-17-19-52(20-18-51)33-7-10-36(41(22-33)59-34-8-11-38-29(21-34)14-16-45-38)42(54)49-60(57,58)35-9-12-39(40(23-35)53(55)56)46-25-32-26-47-50-48-32/h3-12,14,16,21-23,26,45-46H,13,15,17-20,24-25,27H2,1-2H3,(H,49,54)(H,47,48,50). The van der Waals surface area contributed by atoms with E-state index in [2.05, 4.69) is 66.2 Å². The van der Waals surface area contributed by atoms with Crippen LogP contribution in [0.4, 0.5) is 17.1 Å². The quantitative estimate of drug-likeness (QED) is 0.0648. The molecule has 0 radical (unpaired) electrons. The zero-order valence-corrected chi connectivity index (χ0v) is 34.6. The minimum absolute atomic E-state index is 0.0302. The number of amides is 1. The van der Waals surface area contributed by atoms with Crippen LogP contribution in [0.1, 0.15) is 54.7 Å². The van der Waals surface area contributed by atoms with Crippen molar-refractivity contribution in [2.75, 3.05) is 42.9 Å². The van der Waals surface area contributed by atoms with Crippen LogP contribution in [0.2, 0.25) is 5.02 Å². The number of H-pyrrole nitrogens is 2. The normalized spacial score (nSPS) is 15.9. The van der Waals surface area contributed by atoms with Crippen molar-refractivity contribution in [2.24, 2.45) is 5.41 Å². The lowest BCUT2D eigenvalue weighted by Gasteiger charge is -2.39. The number of piperazine rings is 1. The number of benzene rings is 4. The fourth-order valence-corrected chi connectivity index (χ4v) is 8.92. The van der Waals surface area contributed by atoms with Crippen molar-refractivity contribution in [3.8, 4) is 11.5 Å². The number of rotatable bonds is 13. The molecule has 8 rings (SSSR count). The molecule has 0 unspecified atom stereocenters. The highest BCUT2D eigenvalue weighted by Crippen LogP contribution is 2.43. The highest BCUT2D eigenvalue weighted by molar-refractivity contribution is 7.90. The number of carbonyl (C=O) groups excluding carboxylic acids is 1. The zero-order chi connectivity index (χ0) is 42.0. The van der Waals surface area contributed by atoms with Crippen molar-refractivity contribution in [3.05, 3.63) is 135 Å². The number of nitrogens with one attached hydrogen (secondary N) is 4. The van der Waals surface area contributed by atoms with Gasteiger partial charge in [0, 0.05) is 72.7 Å². The van der Waals surface area contributed by atoms with Crippen LogP contribution in [0.25, 0.3) is 16.5 Å². The summed E-state index contributed by atoms with van der Waals surface area (Å²) in [5.74, 6) is -0.357. The van der Waals surface area contributed by atoms with Crippen molar-refractivity contribution in [3.63, 3.8) is 0 Å². The molecule has 310 valence electrons. The first-order chi connectivity index (χ1) is 28.8. The van der Waals surface area contributed by atoms with Gasteiger partial charge in [0.1, 0.15) is 22.9 Å². The fraction of sp³-hybridized carbons (Fsp3) is 0.279. The summed E-state index contributed by atoms with van der Waals surface area (Å²) in [5, 5.41) is 26.5. The van der Waals surface area contributed by atoms with Crippen molar-refractivity contribution in [2.45, 2.75) is 44.6 Å². The van der Waals surface area contributed by atoms with Gasteiger partial charge in [-0.15, -0.1) is 0 Å². The molecule has 1 aliphatic carbocycles. The molecule has 60 heavy (non-hydrogen) atoms. The van der Waals surface area contributed by atoms with E-state index in [4.69, 9.17) is 16.3 Å². The van der Waals surface area contributed by atoms with E-state index in [-0.39, 0.29) is 29.0 Å². The maximum Gasteiger partial charge on any atom is 0.293 e. The van der Waals surface area contributed by atoms with E-state index >= 15 is 0 Å². The number of hydrogen-bond acceptors (Lipinski definition) is 11. The molecular formula is C43H44ClN9O6S. The van der Waals surface area contributed by atoms with Gasteiger partial charge in [0.2, 0.25) is 0 Å². The molecule has 17 heteroatoms. The number of fused-ring (bicyclic) bond motifs is 1. The largest absolute Gasteiger partial charge is 0.456 e. The predicted octanol–water partition coefficient (Wildman–Crippen LogP) is 8.16. The van der Waals surface area contributed by atoms with Gasteiger partial charge < -0.3 is 19.9 Å². The van der Waals surface area contributed by atoms with Crippen LogP contribution in [-0.2, 0) is 16.6 Å². The Kier molecular flexibility index (Phi) is 11.3. The Morgan fingerprint density at radius 3 is 2.55 bits per heavy atom. The van der Waals surface area contributed by atoms with Crippen LogP contribution in [0.5, 0.6) is 11.5 Å². The number of sulfonamides is 1. The summed E-state index contributed by atoms with van der Waals surface area (Å²) in [5.41, 5.74) is 6.08. The second-order valence-electron chi connectivity index (χ2n) is 15.9. The molecular weight excluding hydrogens is 806 g/mol. The van der Waals surface area contributed by atoms with Gasteiger partial charge in [-0.2, -0.15) is 15.4 Å². The minimum Gasteiger partial charge on any atom is -0.456 e. The summed E-state index contributed by atoms with van der Waals surface area (Å²) in [6.07, 6.45) is 6.46. The molecule has 0 atom stereocenters. The van der Waals surface area contributed by atoms with Crippen LogP contribution in [0, 0.1) is 15.5 Å². The molecule has 15 nitrogen and oxygen atoms in total. The topological polar surface area (TPSA) is 191 Å². The molecule has 2 aliphatic rings. The number of anilines is 2. The van der Waals surface area contributed by atoms with E-state index in [1.54, 1.807) is 24.3 Å². The average molecular weight is 850 g/mol. The van der Waals surface area contributed by atoms with Crippen molar-refractivity contribution in [1.29, 1.82) is 0 Å². The highest BCUT2D eigenvalue weighted by atomic mass is 35.5. The highest BCUT2D eigenvalue weighted by Gasteiger charge is 2.30. The van der Waals surface area contributed by atoms with E-state index in [1.165, 1.54) is 35.0 Å². The van der Waals surface area contributed by atoms with Crippen LogP contribution >= 0.6 is 11.6 Å². The lowest BCUT2D eigenvalue weighted by molar-refractivity contribution is -0.384. The molecule has 0 spiro atoms. The molecule has 3 heterocycles. The van der Waals surface area contributed by atoms with Gasteiger partial charge in [-0.05, 0) is 96.5 Å². The third kappa shape index (κ3) is 9.15. The number of aromatic nitrogens is 4. The first-order valence-electron chi connectivity index (χ1n) is 19.6. The molecule has 1 saturated heterocycles. The summed E-state index contributed by atoms with van der Waals surface area (Å²) >= 11 is 6.23. The summed E-state index contributed by atoms with van der Waals surface area (Å²) in [4.78, 5) is 32.5. The number of nitro groups is 1. The molecule has 1 aliphatic heterocycles. The molecule has 2 aromatic heterocycles. The first-order valence-corrected chi connectivity index (χ1v) is 21.4. The van der Waals surface area contributed by atoms with Gasteiger partial charge >= 0.3 is 0 Å². The lowest BCUT2D eigenvalue weighted by atomic mass is 9.72. The van der Waals surface area contributed by atoms with Crippen LogP contribution in [0.3, 0.4) is 0 Å². The SMILES string of the molecule is CC1(C)CCC(CN2CCN(c3ccc(C(=O)NS(=O)(=O)c4ccc(NCc5cn[nH]n5)c([N+](=O)[O-])c4)c(Oc4ccc5[nH]ccc5c4)c3)CC2)=C(c2ccc(Cl)cc2)C1. The van der Waals surface area contributed by atoms with Gasteiger partial charge in [0.05, 0.1) is 28.1 Å². The Morgan fingerprint density at radius 1 is 1.00 bits per heavy atom. The Bertz CT molecular complexity index is 2690. The van der Waals surface area contributed by atoms with E-state index in [0.29, 0.717) is 11.4 Å². The van der Waals surface area contributed by atoms with Gasteiger partial charge in [-0.3, -0.25) is 19.8 Å². The number of aromatic amines is 2. The third-order valence-electron chi connectivity index (χ3n) is 11.1. The predicted molar refractivity (Wildman–Crippen MR) is 231 cm³/mol. The molecule has 0 saturated carbocycles. The monoisotopic (exact) mass is 849 g/mol. The summed E-state index contributed by atoms with van der Waals surface area (Å²) < 4.78 is 35.7. The molecule has 0 bridgehead atoms. The van der Waals surface area contributed by atoms with Gasteiger partial charge in [0.25, 0.3) is 21.6 Å². The van der Waals surface area contributed by atoms with Crippen LogP contribution in [0.15, 0.2) is 108 Å². The Morgan fingerprint density at radius 2 is 1.80 bits per heavy atom. The van der Waals surface area contributed by atoms with E-state index < -0.39 is 31.4 Å². The second kappa shape index (κ2) is 16.8. The molecule has 1 amide bonds.